The highest BCUT2D eigenvalue weighted by atomic mass is 35.5. The zero-order chi connectivity index (χ0) is 14.1. The third-order valence-electron chi connectivity index (χ3n) is 3.31. The fourth-order valence-corrected chi connectivity index (χ4v) is 3.15. The molecule has 2 heterocycles. The summed E-state index contributed by atoms with van der Waals surface area (Å²) in [5.41, 5.74) is 0.953. The summed E-state index contributed by atoms with van der Waals surface area (Å²) in [5.74, 6) is 0.409. The number of hydrogen-bond acceptors (Lipinski definition) is 5. The number of nitrogens with one attached hydrogen (secondary N) is 1. The van der Waals surface area contributed by atoms with E-state index in [9.17, 15) is 4.39 Å². The van der Waals surface area contributed by atoms with Crippen molar-refractivity contribution < 1.29 is 4.39 Å². The number of hydrogen-bond donors (Lipinski definition) is 1. The zero-order valence-corrected chi connectivity index (χ0v) is 12.5. The predicted octanol–water partition coefficient (Wildman–Crippen LogP) is 3.33. The van der Waals surface area contributed by atoms with Gasteiger partial charge in [0, 0.05) is 36.4 Å². The first kappa shape index (κ1) is 13.6. The molecule has 0 spiro atoms. The second-order valence-corrected chi connectivity index (χ2v) is 5.98. The van der Waals surface area contributed by atoms with E-state index in [0.717, 1.165) is 36.2 Å². The van der Waals surface area contributed by atoms with Crippen molar-refractivity contribution in [2.45, 2.75) is 19.4 Å². The number of benzene rings is 1. The maximum Gasteiger partial charge on any atom is 0.202 e. The van der Waals surface area contributed by atoms with Crippen molar-refractivity contribution in [1.29, 1.82) is 0 Å². The number of halogens is 2. The Labute approximate surface area is 125 Å². The van der Waals surface area contributed by atoms with Crippen molar-refractivity contribution in [3.05, 3.63) is 34.9 Å². The van der Waals surface area contributed by atoms with Crippen LogP contribution in [0.4, 0.5) is 15.2 Å². The Hall–Kier alpha value is -1.40. The summed E-state index contributed by atoms with van der Waals surface area (Å²) < 4.78 is 17.3. The van der Waals surface area contributed by atoms with E-state index in [1.54, 1.807) is 12.1 Å². The molecule has 106 valence electrons. The standard InChI is InChI=1S/C13H14ClFN4S/c1-8-16-13(20-18-8)17-9-4-5-19(7-9)10-2-3-12(15)11(14)6-10/h2-3,6,9H,4-5,7H2,1H3,(H,16,17,18). The van der Waals surface area contributed by atoms with Crippen LogP contribution in [0.3, 0.4) is 0 Å². The number of nitrogens with zero attached hydrogens (tertiary/aromatic N) is 3. The van der Waals surface area contributed by atoms with Crippen molar-refractivity contribution in [2.24, 2.45) is 0 Å². The fourth-order valence-electron chi connectivity index (χ4n) is 2.32. The van der Waals surface area contributed by atoms with Crippen molar-refractivity contribution in [3.63, 3.8) is 0 Å². The molecule has 1 aliphatic rings. The molecule has 1 aliphatic heterocycles. The van der Waals surface area contributed by atoms with E-state index in [4.69, 9.17) is 11.6 Å². The van der Waals surface area contributed by atoms with Gasteiger partial charge in [-0.1, -0.05) is 11.6 Å². The van der Waals surface area contributed by atoms with Gasteiger partial charge in [0.15, 0.2) is 0 Å². The summed E-state index contributed by atoms with van der Waals surface area (Å²) >= 11 is 7.20. The van der Waals surface area contributed by atoms with Gasteiger partial charge in [0.1, 0.15) is 11.6 Å². The topological polar surface area (TPSA) is 41.1 Å². The Morgan fingerprint density at radius 3 is 3.05 bits per heavy atom. The number of rotatable bonds is 3. The van der Waals surface area contributed by atoms with Crippen LogP contribution in [0.25, 0.3) is 0 Å². The van der Waals surface area contributed by atoms with Crippen LogP contribution in [0.15, 0.2) is 18.2 Å². The fraction of sp³-hybridized carbons (Fsp3) is 0.385. The lowest BCUT2D eigenvalue weighted by Crippen LogP contribution is -2.25. The highest BCUT2D eigenvalue weighted by Gasteiger charge is 2.23. The molecule has 1 aromatic heterocycles. The van der Waals surface area contributed by atoms with Gasteiger partial charge >= 0.3 is 0 Å². The maximum absolute atomic E-state index is 13.2. The molecule has 1 N–H and O–H groups in total. The molecule has 0 saturated carbocycles. The molecule has 1 atom stereocenters. The molecule has 4 nitrogen and oxygen atoms in total. The van der Waals surface area contributed by atoms with Crippen LogP contribution in [0.1, 0.15) is 12.2 Å². The van der Waals surface area contributed by atoms with E-state index in [2.05, 4.69) is 19.6 Å². The van der Waals surface area contributed by atoms with Gasteiger partial charge in [-0.2, -0.15) is 4.37 Å². The molecule has 1 saturated heterocycles. The Morgan fingerprint density at radius 2 is 2.35 bits per heavy atom. The lowest BCUT2D eigenvalue weighted by Gasteiger charge is -2.19. The summed E-state index contributed by atoms with van der Waals surface area (Å²) in [4.78, 5) is 6.50. The molecule has 7 heteroatoms. The van der Waals surface area contributed by atoms with Gasteiger partial charge in [0.05, 0.1) is 5.02 Å². The highest BCUT2D eigenvalue weighted by Crippen LogP contribution is 2.26. The molecule has 0 radical (unpaired) electrons. The number of aromatic nitrogens is 2. The van der Waals surface area contributed by atoms with E-state index in [-0.39, 0.29) is 10.8 Å². The second-order valence-electron chi connectivity index (χ2n) is 4.82. The SMILES string of the molecule is Cc1nsc(NC2CCN(c3ccc(F)c(Cl)c3)C2)n1. The molecular formula is C13H14ClFN4S. The minimum Gasteiger partial charge on any atom is -0.369 e. The Kier molecular flexibility index (Phi) is 3.76. The lowest BCUT2D eigenvalue weighted by atomic mass is 10.3. The van der Waals surface area contributed by atoms with Gasteiger partial charge in [-0.05, 0) is 31.5 Å². The third-order valence-corrected chi connectivity index (χ3v) is 4.34. The molecule has 3 rings (SSSR count). The van der Waals surface area contributed by atoms with E-state index < -0.39 is 0 Å². The Balaban J connectivity index is 1.65. The molecule has 1 fully saturated rings. The van der Waals surface area contributed by atoms with E-state index in [0.29, 0.717) is 6.04 Å². The molecule has 1 unspecified atom stereocenters. The smallest absolute Gasteiger partial charge is 0.202 e. The van der Waals surface area contributed by atoms with Crippen LogP contribution < -0.4 is 10.2 Å². The quantitative estimate of drug-likeness (QED) is 0.944. The monoisotopic (exact) mass is 312 g/mol. The first-order chi connectivity index (χ1) is 9.61. The van der Waals surface area contributed by atoms with E-state index >= 15 is 0 Å². The Morgan fingerprint density at radius 1 is 1.50 bits per heavy atom. The molecular weight excluding hydrogens is 299 g/mol. The minimum absolute atomic E-state index is 0.165. The van der Waals surface area contributed by atoms with Gasteiger partial charge in [-0.15, -0.1) is 0 Å². The maximum atomic E-state index is 13.2. The third kappa shape index (κ3) is 2.86. The normalized spacial score (nSPS) is 18.6. The summed E-state index contributed by atoms with van der Waals surface area (Å²) in [6.45, 7) is 3.64. The summed E-state index contributed by atoms with van der Waals surface area (Å²) in [7, 11) is 0. The van der Waals surface area contributed by atoms with Gasteiger partial charge in [0.2, 0.25) is 5.13 Å². The van der Waals surface area contributed by atoms with Crippen molar-refractivity contribution in [2.75, 3.05) is 23.3 Å². The van der Waals surface area contributed by atoms with Crippen molar-refractivity contribution in [1.82, 2.24) is 9.36 Å². The summed E-state index contributed by atoms with van der Waals surface area (Å²) in [5, 5.41) is 4.40. The summed E-state index contributed by atoms with van der Waals surface area (Å²) in [6, 6.07) is 5.17. The van der Waals surface area contributed by atoms with Crippen LogP contribution in [0.2, 0.25) is 5.02 Å². The largest absolute Gasteiger partial charge is 0.369 e. The zero-order valence-electron chi connectivity index (χ0n) is 10.9. The van der Waals surface area contributed by atoms with Crippen molar-refractivity contribution in [3.8, 4) is 0 Å². The first-order valence-corrected chi connectivity index (χ1v) is 7.54. The summed E-state index contributed by atoms with van der Waals surface area (Å²) in [6.07, 6.45) is 1.01. The van der Waals surface area contributed by atoms with E-state index in [1.807, 2.05) is 6.92 Å². The van der Waals surface area contributed by atoms with Gasteiger partial charge in [-0.25, -0.2) is 9.37 Å². The highest BCUT2D eigenvalue weighted by molar-refractivity contribution is 7.09. The Bertz CT molecular complexity index is 618. The van der Waals surface area contributed by atoms with Gasteiger partial charge in [-0.3, -0.25) is 0 Å². The van der Waals surface area contributed by atoms with Gasteiger partial charge in [0.25, 0.3) is 0 Å². The molecule has 1 aromatic carbocycles. The van der Waals surface area contributed by atoms with Crippen LogP contribution >= 0.6 is 23.1 Å². The van der Waals surface area contributed by atoms with E-state index in [1.165, 1.54) is 17.6 Å². The molecule has 0 amide bonds. The van der Waals surface area contributed by atoms with Gasteiger partial charge < -0.3 is 10.2 Å². The first-order valence-electron chi connectivity index (χ1n) is 6.38. The van der Waals surface area contributed by atoms with Crippen molar-refractivity contribution >= 4 is 34.0 Å². The second kappa shape index (κ2) is 5.54. The molecule has 20 heavy (non-hydrogen) atoms. The number of aryl methyl sites for hydroxylation is 1. The predicted molar refractivity (Wildman–Crippen MR) is 80.3 cm³/mol. The minimum atomic E-state index is -0.381. The molecule has 0 bridgehead atoms. The average molecular weight is 313 g/mol. The van der Waals surface area contributed by atoms with Crippen LogP contribution in [-0.4, -0.2) is 28.5 Å². The number of anilines is 2. The van der Waals surface area contributed by atoms with Crippen LogP contribution in [0, 0.1) is 12.7 Å². The molecule has 0 aliphatic carbocycles. The van der Waals surface area contributed by atoms with Crippen LogP contribution in [-0.2, 0) is 0 Å². The van der Waals surface area contributed by atoms with Crippen LogP contribution in [0.5, 0.6) is 0 Å². The molecule has 2 aromatic rings. The average Bonchev–Trinajstić information content (AvgIpc) is 3.03. The lowest BCUT2D eigenvalue weighted by molar-refractivity contribution is 0.628.